The highest BCUT2D eigenvalue weighted by Gasteiger charge is 2.12. The van der Waals surface area contributed by atoms with Gasteiger partial charge in [-0.2, -0.15) is 0 Å². The summed E-state index contributed by atoms with van der Waals surface area (Å²) in [7, 11) is 0. The molecule has 100 valence electrons. The quantitative estimate of drug-likeness (QED) is 0.720. The summed E-state index contributed by atoms with van der Waals surface area (Å²) in [6.45, 7) is 4.73. The number of nitrogens with zero attached hydrogens (tertiary/aromatic N) is 1. The molecule has 0 saturated carbocycles. The number of hydrogen-bond donors (Lipinski definition) is 1. The van der Waals surface area contributed by atoms with Crippen molar-refractivity contribution < 1.29 is 9.53 Å². The van der Waals surface area contributed by atoms with Crippen LogP contribution in [0.3, 0.4) is 0 Å². The van der Waals surface area contributed by atoms with Crippen molar-refractivity contribution in [2.45, 2.75) is 45.6 Å². The molecule has 0 aliphatic carbocycles. The number of ketones is 1. The number of hydrogen-bond acceptors (Lipinski definition) is 4. The Bertz CT molecular complexity index is 380. The molecule has 4 heteroatoms. The molecule has 1 heterocycles. The topological polar surface area (TPSA) is 65.2 Å². The number of aromatic nitrogens is 1. The lowest BCUT2D eigenvalue weighted by Crippen LogP contribution is -2.23. The molecular weight excluding hydrogens is 228 g/mol. The van der Waals surface area contributed by atoms with Crippen molar-refractivity contribution in [3.05, 3.63) is 24.0 Å². The van der Waals surface area contributed by atoms with Crippen LogP contribution in [0.2, 0.25) is 0 Å². The molecule has 1 atom stereocenters. The number of nitrogens with two attached hydrogens (primary N) is 1. The molecule has 4 nitrogen and oxygen atoms in total. The number of Topliss-reactive ketones (excluding diaryl/α,β-unsaturated/α-hetero) is 1. The van der Waals surface area contributed by atoms with E-state index < -0.39 is 0 Å². The maximum atomic E-state index is 12.0. The van der Waals surface area contributed by atoms with Crippen molar-refractivity contribution in [3.63, 3.8) is 0 Å². The van der Waals surface area contributed by atoms with Crippen LogP contribution in [0, 0.1) is 0 Å². The van der Waals surface area contributed by atoms with Crippen molar-refractivity contribution in [2.24, 2.45) is 5.73 Å². The molecule has 0 spiro atoms. The molecule has 0 amide bonds. The Morgan fingerprint density at radius 2 is 2.17 bits per heavy atom. The van der Waals surface area contributed by atoms with E-state index in [1.54, 1.807) is 18.5 Å². The van der Waals surface area contributed by atoms with Crippen LogP contribution >= 0.6 is 0 Å². The Kier molecular flexibility index (Phi) is 6.36. The van der Waals surface area contributed by atoms with Gasteiger partial charge in [-0.25, -0.2) is 0 Å². The van der Waals surface area contributed by atoms with E-state index in [2.05, 4.69) is 11.9 Å². The van der Waals surface area contributed by atoms with Crippen molar-refractivity contribution in [3.8, 4) is 5.75 Å². The lowest BCUT2D eigenvalue weighted by Gasteiger charge is -2.10. The Morgan fingerprint density at radius 1 is 1.39 bits per heavy atom. The van der Waals surface area contributed by atoms with Gasteiger partial charge in [0.25, 0.3) is 0 Å². The maximum Gasteiger partial charge on any atom is 0.166 e. The zero-order valence-corrected chi connectivity index (χ0v) is 11.2. The first-order chi connectivity index (χ1) is 8.67. The van der Waals surface area contributed by atoms with Gasteiger partial charge in [-0.15, -0.1) is 0 Å². The second-order valence-corrected chi connectivity index (χ2v) is 4.43. The minimum Gasteiger partial charge on any atom is -0.492 e. The summed E-state index contributed by atoms with van der Waals surface area (Å²) < 4.78 is 5.45. The zero-order valence-electron chi connectivity index (χ0n) is 11.2. The number of ether oxygens (including phenoxy) is 1. The molecule has 0 bridgehead atoms. The molecule has 0 aromatic carbocycles. The van der Waals surface area contributed by atoms with Gasteiger partial charge in [0, 0.05) is 24.2 Å². The van der Waals surface area contributed by atoms with Crippen LogP contribution in [0.5, 0.6) is 5.75 Å². The van der Waals surface area contributed by atoms with Crippen LogP contribution in [-0.4, -0.2) is 23.4 Å². The van der Waals surface area contributed by atoms with Gasteiger partial charge < -0.3 is 10.5 Å². The molecular formula is C14H22N2O2. The van der Waals surface area contributed by atoms with Crippen LogP contribution in [0.4, 0.5) is 0 Å². The minimum absolute atomic E-state index is 0.0328. The summed E-state index contributed by atoms with van der Waals surface area (Å²) in [6.07, 6.45) is 6.35. The Balaban J connectivity index is 2.62. The highest BCUT2D eigenvalue weighted by atomic mass is 16.5. The fourth-order valence-corrected chi connectivity index (χ4v) is 1.70. The van der Waals surface area contributed by atoms with Crippen molar-refractivity contribution in [1.82, 2.24) is 4.98 Å². The third-order valence-corrected chi connectivity index (χ3v) is 2.62. The van der Waals surface area contributed by atoms with Gasteiger partial charge in [0.2, 0.25) is 0 Å². The van der Waals surface area contributed by atoms with Crippen LogP contribution in [0.1, 0.15) is 49.9 Å². The number of pyridine rings is 1. The molecule has 1 rings (SSSR count). The molecule has 0 radical (unpaired) electrons. The largest absolute Gasteiger partial charge is 0.492 e. The Labute approximate surface area is 109 Å². The second kappa shape index (κ2) is 7.82. The predicted octanol–water partition coefficient (Wildman–Crippen LogP) is 2.57. The van der Waals surface area contributed by atoms with Gasteiger partial charge >= 0.3 is 0 Å². The van der Waals surface area contributed by atoms with Gasteiger partial charge in [-0.1, -0.05) is 20.3 Å². The lowest BCUT2D eigenvalue weighted by atomic mass is 10.0. The molecule has 1 unspecified atom stereocenters. The second-order valence-electron chi connectivity index (χ2n) is 4.43. The normalized spacial score (nSPS) is 12.2. The van der Waals surface area contributed by atoms with Gasteiger partial charge in [-0.05, 0) is 18.9 Å². The van der Waals surface area contributed by atoms with Crippen LogP contribution in [-0.2, 0) is 0 Å². The minimum atomic E-state index is -0.0669. The predicted molar refractivity (Wildman–Crippen MR) is 71.9 cm³/mol. The fourth-order valence-electron chi connectivity index (χ4n) is 1.70. The summed E-state index contributed by atoms with van der Waals surface area (Å²) in [5, 5.41) is 0. The molecule has 18 heavy (non-hydrogen) atoms. The molecule has 0 fully saturated rings. The summed E-state index contributed by atoms with van der Waals surface area (Å²) in [4.78, 5) is 16.0. The van der Waals surface area contributed by atoms with Gasteiger partial charge in [0.15, 0.2) is 5.78 Å². The van der Waals surface area contributed by atoms with E-state index in [9.17, 15) is 4.79 Å². The SMILES string of the molecule is CCCOc1cncc(C(=O)CC(N)CCC)c1. The van der Waals surface area contributed by atoms with E-state index >= 15 is 0 Å². The van der Waals surface area contributed by atoms with E-state index in [1.807, 2.05) is 6.92 Å². The summed E-state index contributed by atoms with van der Waals surface area (Å²) in [5.41, 5.74) is 6.45. The summed E-state index contributed by atoms with van der Waals surface area (Å²) in [5.74, 6) is 0.678. The highest BCUT2D eigenvalue weighted by molar-refractivity contribution is 5.96. The molecule has 1 aromatic rings. The molecule has 0 aliphatic rings. The fraction of sp³-hybridized carbons (Fsp3) is 0.571. The van der Waals surface area contributed by atoms with Crippen molar-refractivity contribution in [2.75, 3.05) is 6.61 Å². The van der Waals surface area contributed by atoms with Crippen molar-refractivity contribution >= 4 is 5.78 Å². The number of carbonyl (C=O) groups is 1. The Morgan fingerprint density at radius 3 is 2.83 bits per heavy atom. The van der Waals surface area contributed by atoms with Crippen LogP contribution < -0.4 is 10.5 Å². The summed E-state index contributed by atoms with van der Waals surface area (Å²) in [6, 6.07) is 1.67. The van der Waals surface area contributed by atoms with E-state index in [0.29, 0.717) is 24.3 Å². The summed E-state index contributed by atoms with van der Waals surface area (Å²) >= 11 is 0. The third kappa shape index (κ3) is 4.84. The average Bonchev–Trinajstić information content (AvgIpc) is 2.37. The molecule has 2 N–H and O–H groups in total. The number of carbonyl (C=O) groups excluding carboxylic acids is 1. The standard InChI is InChI=1S/C14H22N2O2/c1-3-5-12(15)8-14(17)11-7-13(10-16-9-11)18-6-4-2/h7,9-10,12H,3-6,8,15H2,1-2H3. The average molecular weight is 250 g/mol. The van der Waals surface area contributed by atoms with Gasteiger partial charge in [0.05, 0.1) is 12.8 Å². The zero-order chi connectivity index (χ0) is 13.4. The highest BCUT2D eigenvalue weighted by Crippen LogP contribution is 2.14. The monoisotopic (exact) mass is 250 g/mol. The van der Waals surface area contributed by atoms with E-state index in [1.165, 1.54) is 0 Å². The lowest BCUT2D eigenvalue weighted by molar-refractivity contribution is 0.0972. The third-order valence-electron chi connectivity index (χ3n) is 2.62. The van der Waals surface area contributed by atoms with E-state index in [-0.39, 0.29) is 11.8 Å². The van der Waals surface area contributed by atoms with E-state index in [0.717, 1.165) is 19.3 Å². The Hall–Kier alpha value is -1.42. The molecule has 0 aliphatic heterocycles. The molecule has 0 saturated heterocycles. The van der Waals surface area contributed by atoms with Crippen LogP contribution in [0.25, 0.3) is 0 Å². The van der Waals surface area contributed by atoms with Gasteiger partial charge in [0.1, 0.15) is 5.75 Å². The van der Waals surface area contributed by atoms with E-state index in [4.69, 9.17) is 10.5 Å². The first-order valence-corrected chi connectivity index (χ1v) is 6.54. The maximum absolute atomic E-state index is 12.0. The molecule has 1 aromatic heterocycles. The smallest absolute Gasteiger partial charge is 0.166 e. The van der Waals surface area contributed by atoms with Crippen LogP contribution in [0.15, 0.2) is 18.5 Å². The first kappa shape index (κ1) is 14.6. The van der Waals surface area contributed by atoms with Crippen molar-refractivity contribution in [1.29, 1.82) is 0 Å². The first-order valence-electron chi connectivity index (χ1n) is 6.54. The van der Waals surface area contributed by atoms with Gasteiger partial charge in [-0.3, -0.25) is 9.78 Å². The number of rotatable bonds is 8.